The number of likely N-dealkylation sites (N-methyl/N-ethyl adjacent to an activating group) is 1. The minimum atomic E-state index is -0.0979. The lowest BCUT2D eigenvalue weighted by atomic mass is 9.92. The largest absolute Gasteiger partial charge is 0.353 e. The molecule has 1 fully saturated rings. The molecule has 8 heteroatoms. The monoisotopic (exact) mass is 330 g/mol. The summed E-state index contributed by atoms with van der Waals surface area (Å²) in [6.07, 6.45) is 2.41. The number of anilines is 1. The molecule has 23 heavy (non-hydrogen) atoms. The van der Waals surface area contributed by atoms with E-state index in [-0.39, 0.29) is 18.4 Å². The number of likely N-dealkylation sites (tertiary alicyclic amines) is 1. The number of nitriles is 1. The summed E-state index contributed by atoms with van der Waals surface area (Å²) in [4.78, 5) is 29.8. The van der Waals surface area contributed by atoms with E-state index in [0.717, 1.165) is 22.6 Å². The number of rotatable bonds is 3. The first-order chi connectivity index (χ1) is 11.1. The van der Waals surface area contributed by atoms with Crippen molar-refractivity contribution in [2.75, 3.05) is 25.0 Å². The van der Waals surface area contributed by atoms with Crippen molar-refractivity contribution in [1.82, 2.24) is 19.9 Å². The molecule has 2 atom stereocenters. The van der Waals surface area contributed by atoms with E-state index in [1.54, 1.807) is 16.7 Å². The second-order valence-corrected chi connectivity index (χ2v) is 6.66. The molecule has 7 nitrogen and oxygen atoms in total. The van der Waals surface area contributed by atoms with Crippen LogP contribution in [-0.2, 0) is 4.79 Å². The van der Waals surface area contributed by atoms with Crippen molar-refractivity contribution in [2.24, 2.45) is 5.92 Å². The first kappa shape index (κ1) is 15.6. The lowest BCUT2D eigenvalue weighted by Gasteiger charge is -2.41. The van der Waals surface area contributed by atoms with Gasteiger partial charge in [0.25, 0.3) is 0 Å². The van der Waals surface area contributed by atoms with Crippen molar-refractivity contribution in [3.63, 3.8) is 0 Å². The number of hydrogen-bond donors (Lipinski definition) is 0. The number of aromatic nitrogens is 3. The summed E-state index contributed by atoms with van der Waals surface area (Å²) >= 11 is 1.49. The van der Waals surface area contributed by atoms with Gasteiger partial charge in [-0.1, -0.05) is 6.92 Å². The molecule has 2 aromatic rings. The Morgan fingerprint density at radius 2 is 2.35 bits per heavy atom. The summed E-state index contributed by atoms with van der Waals surface area (Å²) < 4.78 is 0. The lowest BCUT2D eigenvalue weighted by Crippen LogP contribution is -2.52. The maximum atomic E-state index is 12.0. The molecular formula is C15H18N6OS. The average Bonchev–Trinajstić information content (AvgIpc) is 3.03. The normalized spacial score (nSPS) is 21.2. The van der Waals surface area contributed by atoms with Crippen molar-refractivity contribution in [2.45, 2.75) is 25.8 Å². The Balaban J connectivity index is 1.85. The van der Waals surface area contributed by atoms with Crippen LogP contribution in [0.15, 0.2) is 11.8 Å². The lowest BCUT2D eigenvalue weighted by molar-refractivity contribution is -0.131. The van der Waals surface area contributed by atoms with Crippen LogP contribution < -0.4 is 4.90 Å². The van der Waals surface area contributed by atoms with Gasteiger partial charge in [0, 0.05) is 20.1 Å². The number of fused-ring (bicyclic) bond motifs is 1. The van der Waals surface area contributed by atoms with Crippen LogP contribution in [0.2, 0.25) is 0 Å². The second-order valence-electron chi connectivity index (χ2n) is 5.82. The molecule has 2 aromatic heterocycles. The van der Waals surface area contributed by atoms with E-state index in [1.807, 2.05) is 13.1 Å². The van der Waals surface area contributed by atoms with Gasteiger partial charge >= 0.3 is 0 Å². The highest BCUT2D eigenvalue weighted by Crippen LogP contribution is 2.29. The van der Waals surface area contributed by atoms with Crippen LogP contribution in [0, 0.1) is 17.2 Å². The van der Waals surface area contributed by atoms with Crippen molar-refractivity contribution < 1.29 is 4.79 Å². The predicted octanol–water partition coefficient (Wildman–Crippen LogP) is 1.67. The van der Waals surface area contributed by atoms with Gasteiger partial charge in [-0.15, -0.1) is 11.3 Å². The van der Waals surface area contributed by atoms with Gasteiger partial charge in [0.05, 0.1) is 17.6 Å². The Hall–Kier alpha value is -2.27. The van der Waals surface area contributed by atoms with Gasteiger partial charge < -0.3 is 9.80 Å². The first-order valence-electron chi connectivity index (χ1n) is 7.53. The first-order valence-corrected chi connectivity index (χ1v) is 8.41. The minimum Gasteiger partial charge on any atom is -0.353 e. The fraction of sp³-hybridized carbons (Fsp3) is 0.533. The standard InChI is InChI=1S/C15H18N6OS/c1-10-4-6-21(12(22)3-5-16)7-11(10)20(2)14-13-15(18-8-17-14)23-9-19-13/h8-11H,3-4,6-7H2,1-2H3/t10-,11+/m1/s1. The zero-order valence-electron chi connectivity index (χ0n) is 13.1. The highest BCUT2D eigenvalue weighted by molar-refractivity contribution is 7.16. The molecule has 0 unspecified atom stereocenters. The van der Waals surface area contributed by atoms with Crippen LogP contribution >= 0.6 is 11.3 Å². The molecule has 3 rings (SSSR count). The molecule has 0 aromatic carbocycles. The quantitative estimate of drug-likeness (QED) is 0.851. The minimum absolute atomic E-state index is 0.0609. The molecule has 120 valence electrons. The van der Waals surface area contributed by atoms with E-state index in [0.29, 0.717) is 19.0 Å². The van der Waals surface area contributed by atoms with Gasteiger partial charge in [-0.05, 0) is 12.3 Å². The van der Waals surface area contributed by atoms with E-state index in [9.17, 15) is 4.79 Å². The van der Waals surface area contributed by atoms with Crippen LogP contribution in [0.1, 0.15) is 19.8 Å². The molecule has 1 aliphatic rings. The summed E-state index contributed by atoms with van der Waals surface area (Å²) in [6, 6.07) is 2.08. The van der Waals surface area contributed by atoms with Crippen molar-refractivity contribution in [3.8, 4) is 6.07 Å². The third-order valence-electron chi connectivity index (χ3n) is 4.45. The zero-order valence-corrected chi connectivity index (χ0v) is 14.0. The van der Waals surface area contributed by atoms with Crippen LogP contribution in [0.25, 0.3) is 10.3 Å². The van der Waals surface area contributed by atoms with Gasteiger partial charge in [-0.25, -0.2) is 15.0 Å². The molecule has 3 heterocycles. The molecular weight excluding hydrogens is 312 g/mol. The number of hydrogen-bond acceptors (Lipinski definition) is 7. The van der Waals surface area contributed by atoms with Gasteiger partial charge in [0.1, 0.15) is 23.1 Å². The Labute approximate surface area is 138 Å². The van der Waals surface area contributed by atoms with E-state index in [1.165, 1.54) is 11.3 Å². The Morgan fingerprint density at radius 1 is 1.52 bits per heavy atom. The fourth-order valence-electron chi connectivity index (χ4n) is 3.06. The number of nitrogens with zero attached hydrogens (tertiary/aromatic N) is 6. The molecule has 1 aliphatic heterocycles. The summed E-state index contributed by atoms with van der Waals surface area (Å²) in [6.45, 7) is 3.50. The Kier molecular flexibility index (Phi) is 4.39. The van der Waals surface area contributed by atoms with Crippen LogP contribution in [-0.4, -0.2) is 51.9 Å². The third-order valence-corrected chi connectivity index (χ3v) is 5.18. The van der Waals surface area contributed by atoms with Crippen molar-refractivity contribution in [3.05, 3.63) is 11.8 Å². The van der Waals surface area contributed by atoms with Crippen LogP contribution in [0.5, 0.6) is 0 Å². The average molecular weight is 330 g/mol. The fourth-order valence-corrected chi connectivity index (χ4v) is 3.68. The smallest absolute Gasteiger partial charge is 0.236 e. The second kappa shape index (κ2) is 6.46. The van der Waals surface area contributed by atoms with Crippen molar-refractivity contribution >= 4 is 33.4 Å². The van der Waals surface area contributed by atoms with E-state index in [2.05, 4.69) is 26.8 Å². The van der Waals surface area contributed by atoms with Gasteiger partial charge in [0.2, 0.25) is 5.91 Å². The van der Waals surface area contributed by atoms with E-state index < -0.39 is 0 Å². The predicted molar refractivity (Wildman–Crippen MR) is 88.0 cm³/mol. The summed E-state index contributed by atoms with van der Waals surface area (Å²) in [5.41, 5.74) is 2.57. The summed E-state index contributed by atoms with van der Waals surface area (Å²) in [5, 5.41) is 8.74. The SMILES string of the molecule is C[C@@H]1CCN(C(=O)CC#N)C[C@@H]1N(C)c1ncnc2scnc12. The highest BCUT2D eigenvalue weighted by Gasteiger charge is 2.32. The van der Waals surface area contributed by atoms with Gasteiger partial charge in [0.15, 0.2) is 5.82 Å². The molecule has 1 saturated heterocycles. The topological polar surface area (TPSA) is 86.0 Å². The van der Waals surface area contributed by atoms with Gasteiger partial charge in [-0.2, -0.15) is 5.26 Å². The molecule has 0 radical (unpaired) electrons. The Morgan fingerprint density at radius 3 is 3.13 bits per heavy atom. The van der Waals surface area contributed by atoms with E-state index in [4.69, 9.17) is 5.26 Å². The van der Waals surface area contributed by atoms with Crippen molar-refractivity contribution in [1.29, 1.82) is 5.26 Å². The number of thiazole rings is 1. The number of amides is 1. The molecule has 0 saturated carbocycles. The molecule has 0 aliphatic carbocycles. The molecule has 0 bridgehead atoms. The van der Waals surface area contributed by atoms with Gasteiger partial charge in [-0.3, -0.25) is 4.79 Å². The molecule has 0 spiro atoms. The summed E-state index contributed by atoms with van der Waals surface area (Å²) in [7, 11) is 1.99. The maximum Gasteiger partial charge on any atom is 0.236 e. The Bertz CT molecular complexity index is 754. The maximum absolute atomic E-state index is 12.0. The summed E-state index contributed by atoms with van der Waals surface area (Å²) in [5.74, 6) is 1.12. The van der Waals surface area contributed by atoms with Crippen LogP contribution in [0.4, 0.5) is 5.82 Å². The molecule has 0 N–H and O–H groups in total. The third kappa shape index (κ3) is 2.97. The highest BCUT2D eigenvalue weighted by atomic mass is 32.1. The molecule has 1 amide bonds. The zero-order chi connectivity index (χ0) is 16.4. The number of carbonyl (C=O) groups excluding carboxylic acids is 1. The number of carbonyl (C=O) groups is 1. The number of piperidine rings is 1. The van der Waals surface area contributed by atoms with E-state index >= 15 is 0 Å². The van der Waals surface area contributed by atoms with Crippen LogP contribution in [0.3, 0.4) is 0 Å².